The molecule has 2 N–H and O–H groups in total. The van der Waals surface area contributed by atoms with E-state index in [0.29, 0.717) is 23.6 Å². The minimum atomic E-state index is -1.19. The zero-order valence-electron chi connectivity index (χ0n) is 19.1. The van der Waals surface area contributed by atoms with Gasteiger partial charge in [-0.1, -0.05) is 41.9 Å². The molecule has 9 heteroatoms. The summed E-state index contributed by atoms with van der Waals surface area (Å²) >= 11 is 5.86. The molecule has 1 amide bonds. The first-order chi connectivity index (χ1) is 16.2. The molecule has 0 unspecified atom stereocenters. The van der Waals surface area contributed by atoms with Gasteiger partial charge in [-0.25, -0.2) is 19.6 Å². The van der Waals surface area contributed by atoms with Crippen LogP contribution in [0.5, 0.6) is 0 Å². The van der Waals surface area contributed by atoms with Crippen molar-refractivity contribution in [2.45, 2.75) is 38.8 Å². The molecule has 1 fully saturated rings. The van der Waals surface area contributed by atoms with Crippen LogP contribution in [0.3, 0.4) is 0 Å². The van der Waals surface area contributed by atoms with Crippen LogP contribution in [0.25, 0.3) is 0 Å². The number of nitrogens with one attached hydrogen (secondary N) is 1. The summed E-state index contributed by atoms with van der Waals surface area (Å²) in [6, 6.07) is 16.4. The molecule has 176 valence electrons. The van der Waals surface area contributed by atoms with E-state index in [2.05, 4.69) is 10.3 Å². The summed E-state index contributed by atoms with van der Waals surface area (Å²) in [5, 5.41) is 12.7. The first-order valence-electron chi connectivity index (χ1n) is 10.8. The van der Waals surface area contributed by atoms with Gasteiger partial charge in [0.1, 0.15) is 17.6 Å². The van der Waals surface area contributed by atoms with Gasteiger partial charge in [0.25, 0.3) is 0 Å². The van der Waals surface area contributed by atoms with E-state index in [0.717, 1.165) is 11.1 Å². The number of hydrogen-bond donors (Lipinski definition) is 2. The number of halogens is 1. The van der Waals surface area contributed by atoms with Crippen molar-refractivity contribution in [3.63, 3.8) is 0 Å². The van der Waals surface area contributed by atoms with Crippen molar-refractivity contribution < 1.29 is 19.4 Å². The second-order valence-corrected chi connectivity index (χ2v) is 9.07. The summed E-state index contributed by atoms with van der Waals surface area (Å²) in [7, 11) is 0. The largest absolute Gasteiger partial charge is 0.476 e. The van der Waals surface area contributed by atoms with Gasteiger partial charge in [-0.15, -0.1) is 0 Å². The third kappa shape index (κ3) is 4.82. The maximum Gasteiger partial charge on any atom is 0.416 e. The predicted molar refractivity (Wildman–Crippen MR) is 130 cm³/mol. The van der Waals surface area contributed by atoms with Crippen molar-refractivity contribution in [3.05, 3.63) is 82.3 Å². The van der Waals surface area contributed by atoms with Crippen LogP contribution in [-0.2, 0) is 11.2 Å². The number of rotatable bonds is 7. The Labute approximate surface area is 202 Å². The van der Waals surface area contributed by atoms with E-state index in [1.165, 1.54) is 6.07 Å². The van der Waals surface area contributed by atoms with E-state index < -0.39 is 17.6 Å². The van der Waals surface area contributed by atoms with Gasteiger partial charge in [0.2, 0.25) is 0 Å². The van der Waals surface area contributed by atoms with E-state index in [9.17, 15) is 14.7 Å². The summed E-state index contributed by atoms with van der Waals surface area (Å²) in [6.45, 7) is 6.01. The number of ether oxygens (including phenoxy) is 1. The van der Waals surface area contributed by atoms with Gasteiger partial charge in [0.15, 0.2) is 5.69 Å². The molecule has 1 aliphatic heterocycles. The molecule has 1 aromatic carbocycles. The maximum absolute atomic E-state index is 12.8. The molecular weight excluding hydrogens is 456 g/mol. The summed E-state index contributed by atoms with van der Waals surface area (Å²) < 4.78 is 5.44. The molecule has 0 bridgehead atoms. The topological polar surface area (TPSA) is 105 Å². The van der Waals surface area contributed by atoms with Crippen LogP contribution in [0.1, 0.15) is 47.2 Å². The van der Waals surface area contributed by atoms with E-state index in [-0.39, 0.29) is 23.5 Å². The number of anilines is 2. The van der Waals surface area contributed by atoms with E-state index in [1.807, 2.05) is 63.2 Å². The smallest absolute Gasteiger partial charge is 0.416 e. The highest BCUT2D eigenvalue weighted by atomic mass is 35.5. The molecule has 3 heterocycles. The molecule has 4 rings (SSSR count). The number of carboxylic acids is 1. The number of aromatic carboxylic acids is 1. The van der Waals surface area contributed by atoms with Crippen LogP contribution in [0.15, 0.2) is 54.6 Å². The van der Waals surface area contributed by atoms with E-state index >= 15 is 0 Å². The molecular formula is C25H25ClN4O4. The lowest BCUT2D eigenvalue weighted by molar-refractivity contribution is 0.0691. The second-order valence-electron chi connectivity index (χ2n) is 8.68. The minimum absolute atomic E-state index is 0.0943. The number of carbonyl (C=O) groups is 2. The lowest BCUT2D eigenvalue weighted by Crippen LogP contribution is -2.47. The Balaban J connectivity index is 1.65. The number of cyclic esters (lactones) is 1. The van der Waals surface area contributed by atoms with Gasteiger partial charge in [-0.3, -0.25) is 4.90 Å². The van der Waals surface area contributed by atoms with E-state index in [4.69, 9.17) is 21.3 Å². The SMILES string of the molecule is Cc1cc([C@@H](C)Nc2ccc(Cl)nc2C(=O)O)nc(N2C(=O)OC[C@]2(C)Cc2ccccc2)c1. The molecule has 2 atom stereocenters. The predicted octanol–water partition coefficient (Wildman–Crippen LogP) is 5.27. The monoisotopic (exact) mass is 480 g/mol. The molecule has 0 spiro atoms. The molecule has 1 saturated heterocycles. The lowest BCUT2D eigenvalue weighted by Gasteiger charge is -2.32. The van der Waals surface area contributed by atoms with Crippen LogP contribution in [-0.4, -0.2) is 39.3 Å². The van der Waals surface area contributed by atoms with Crippen molar-refractivity contribution in [1.29, 1.82) is 0 Å². The summed E-state index contributed by atoms with van der Waals surface area (Å²) in [4.78, 5) is 34.6. The Morgan fingerprint density at radius 1 is 1.24 bits per heavy atom. The fourth-order valence-corrected chi connectivity index (χ4v) is 4.28. The summed E-state index contributed by atoms with van der Waals surface area (Å²) in [5.74, 6) is -0.705. The van der Waals surface area contributed by atoms with Gasteiger partial charge >= 0.3 is 12.1 Å². The molecule has 2 aromatic heterocycles. The fraction of sp³-hybridized carbons (Fsp3) is 0.280. The normalized spacial score (nSPS) is 18.5. The number of carbonyl (C=O) groups excluding carboxylic acids is 1. The average molecular weight is 481 g/mol. The quantitative estimate of drug-likeness (QED) is 0.444. The van der Waals surface area contributed by atoms with Crippen LogP contribution >= 0.6 is 11.6 Å². The van der Waals surface area contributed by atoms with Crippen LogP contribution in [0, 0.1) is 6.92 Å². The number of aryl methyl sites for hydroxylation is 1. The third-order valence-corrected chi connectivity index (χ3v) is 5.95. The van der Waals surface area contributed by atoms with Gasteiger partial charge < -0.3 is 15.2 Å². The molecule has 34 heavy (non-hydrogen) atoms. The molecule has 1 aliphatic rings. The van der Waals surface area contributed by atoms with Crippen molar-refractivity contribution >= 4 is 35.2 Å². The molecule has 3 aromatic rings. The average Bonchev–Trinajstić information content (AvgIpc) is 3.08. The molecule has 0 saturated carbocycles. The summed E-state index contributed by atoms with van der Waals surface area (Å²) in [5.41, 5.74) is 2.18. The van der Waals surface area contributed by atoms with Crippen molar-refractivity contribution in [2.75, 3.05) is 16.8 Å². The van der Waals surface area contributed by atoms with Crippen LogP contribution in [0.4, 0.5) is 16.3 Å². The highest BCUT2D eigenvalue weighted by molar-refractivity contribution is 6.29. The molecule has 0 aliphatic carbocycles. The number of benzene rings is 1. The number of carboxylic acid groups (broad SMARTS) is 1. The van der Waals surface area contributed by atoms with Gasteiger partial charge in [-0.05, 0) is 62.6 Å². The standard InChI is InChI=1S/C25H25ClN4O4/c1-15-11-19(16(2)27-18-9-10-20(26)29-22(18)23(31)32)28-21(12-15)30-24(33)34-14-25(30,3)13-17-7-5-4-6-8-17/h4-12,16,27H,13-14H2,1-3H3,(H,31,32)/t16-,25+/m1/s1. The Kier molecular flexibility index (Phi) is 6.43. The number of nitrogens with zero attached hydrogens (tertiary/aromatic N) is 3. The van der Waals surface area contributed by atoms with E-state index in [1.54, 1.807) is 11.0 Å². The van der Waals surface area contributed by atoms with Gasteiger partial charge in [0, 0.05) is 0 Å². The van der Waals surface area contributed by atoms with Crippen LogP contribution in [0.2, 0.25) is 5.15 Å². The second kappa shape index (κ2) is 9.30. The summed E-state index contributed by atoms with van der Waals surface area (Å²) in [6.07, 6.45) is 0.162. The zero-order chi connectivity index (χ0) is 24.5. The Bertz CT molecular complexity index is 1240. The minimum Gasteiger partial charge on any atom is -0.476 e. The Morgan fingerprint density at radius 2 is 1.97 bits per heavy atom. The number of hydrogen-bond acceptors (Lipinski definition) is 6. The molecule has 8 nitrogen and oxygen atoms in total. The zero-order valence-corrected chi connectivity index (χ0v) is 19.8. The van der Waals surface area contributed by atoms with Crippen LogP contribution < -0.4 is 10.2 Å². The maximum atomic E-state index is 12.8. The van der Waals surface area contributed by atoms with Crippen molar-refractivity contribution in [3.8, 4) is 0 Å². The Morgan fingerprint density at radius 3 is 2.68 bits per heavy atom. The van der Waals surface area contributed by atoms with Gasteiger partial charge in [0.05, 0.1) is 23.0 Å². The lowest BCUT2D eigenvalue weighted by atomic mass is 9.92. The van der Waals surface area contributed by atoms with Crippen molar-refractivity contribution in [1.82, 2.24) is 9.97 Å². The first kappa shape index (κ1) is 23.5. The fourth-order valence-electron chi connectivity index (χ4n) is 4.14. The first-order valence-corrected chi connectivity index (χ1v) is 11.2. The van der Waals surface area contributed by atoms with Crippen molar-refractivity contribution in [2.24, 2.45) is 0 Å². The number of pyridine rings is 2. The number of aromatic nitrogens is 2. The molecule has 0 radical (unpaired) electrons. The van der Waals surface area contributed by atoms with Gasteiger partial charge in [-0.2, -0.15) is 0 Å². The number of amides is 1. The Hall–Kier alpha value is -3.65. The highest BCUT2D eigenvalue weighted by Crippen LogP contribution is 2.34. The highest BCUT2D eigenvalue weighted by Gasteiger charge is 2.45. The third-order valence-electron chi connectivity index (χ3n) is 5.74.